The largest absolute Gasteiger partial charge is 0.493 e. The summed E-state index contributed by atoms with van der Waals surface area (Å²) in [5.41, 5.74) is 5.49. The molecule has 1 unspecified atom stereocenters. The Balaban J connectivity index is 2.98. The second-order valence-electron chi connectivity index (χ2n) is 4.43. The summed E-state index contributed by atoms with van der Waals surface area (Å²) in [4.78, 5) is 12.6. The first kappa shape index (κ1) is 15.4. The Morgan fingerprint density at radius 1 is 1.42 bits per heavy atom. The number of para-hydroxylation sites is 1. The molecule has 19 heavy (non-hydrogen) atoms. The van der Waals surface area contributed by atoms with Gasteiger partial charge in [0.2, 0.25) is 0 Å². The van der Waals surface area contributed by atoms with Crippen molar-refractivity contribution in [3.05, 3.63) is 29.8 Å². The summed E-state index contributed by atoms with van der Waals surface area (Å²) >= 11 is 5.01. The van der Waals surface area contributed by atoms with Crippen LogP contribution in [0.1, 0.15) is 37.6 Å². The van der Waals surface area contributed by atoms with Crippen LogP contribution in [-0.2, 0) is 0 Å². The Morgan fingerprint density at radius 2 is 2.05 bits per heavy atom. The molecule has 0 aromatic heterocycles. The third-order valence-electron chi connectivity index (χ3n) is 3.07. The molecule has 4 nitrogen and oxygen atoms in total. The average Bonchev–Trinajstić information content (AvgIpc) is 2.39. The third-order valence-corrected chi connectivity index (χ3v) is 3.52. The summed E-state index contributed by atoms with van der Waals surface area (Å²) in [6, 6.07) is 7.11. The third kappa shape index (κ3) is 3.67. The van der Waals surface area contributed by atoms with Crippen LogP contribution in [0.3, 0.4) is 0 Å². The number of nitrogens with two attached hydrogens (primary N) is 1. The van der Waals surface area contributed by atoms with Crippen LogP contribution in [0.4, 0.5) is 0 Å². The van der Waals surface area contributed by atoms with Gasteiger partial charge in [0.05, 0.1) is 22.7 Å². The zero-order chi connectivity index (χ0) is 14.5. The van der Waals surface area contributed by atoms with Crippen molar-refractivity contribution in [1.82, 2.24) is 5.32 Å². The Bertz CT molecular complexity index is 476. The maximum Gasteiger partial charge on any atom is 0.255 e. The first-order valence-electron chi connectivity index (χ1n) is 6.28. The van der Waals surface area contributed by atoms with Crippen LogP contribution in [0.15, 0.2) is 24.3 Å². The predicted octanol–water partition coefficient (Wildman–Crippen LogP) is 2.27. The Labute approximate surface area is 119 Å². The van der Waals surface area contributed by atoms with Crippen LogP contribution >= 0.6 is 12.2 Å². The molecule has 0 spiro atoms. The van der Waals surface area contributed by atoms with Crippen LogP contribution in [0.25, 0.3) is 0 Å². The minimum atomic E-state index is -0.689. The summed E-state index contributed by atoms with van der Waals surface area (Å²) in [7, 11) is 0. The molecule has 0 saturated carbocycles. The van der Waals surface area contributed by atoms with Crippen LogP contribution < -0.4 is 15.8 Å². The lowest BCUT2D eigenvalue weighted by molar-refractivity contribution is 0.0923. The molecule has 1 aromatic carbocycles. The highest BCUT2D eigenvalue weighted by atomic mass is 32.1. The first-order valence-corrected chi connectivity index (χ1v) is 6.69. The van der Waals surface area contributed by atoms with Crippen LogP contribution in [-0.4, -0.2) is 23.0 Å². The van der Waals surface area contributed by atoms with Crippen LogP contribution in [0.2, 0.25) is 0 Å². The maximum absolute atomic E-state index is 12.3. The standard InChI is InChI=1S/C14H20N2O2S/c1-4-14(3,13(15)19)16-12(17)10-8-6-7-9-11(10)18-5-2/h6-9H,4-5H2,1-3H3,(H2,15,19)(H,16,17). The number of carbonyl (C=O) groups is 1. The zero-order valence-corrected chi connectivity index (χ0v) is 12.3. The molecule has 0 aliphatic heterocycles. The number of thiocarbonyl (C=S) groups is 1. The van der Waals surface area contributed by atoms with E-state index in [0.717, 1.165) is 0 Å². The monoisotopic (exact) mass is 280 g/mol. The highest BCUT2D eigenvalue weighted by Gasteiger charge is 2.28. The van der Waals surface area contributed by atoms with Crippen molar-refractivity contribution in [2.45, 2.75) is 32.7 Å². The van der Waals surface area contributed by atoms with Crippen molar-refractivity contribution < 1.29 is 9.53 Å². The van der Waals surface area contributed by atoms with Gasteiger partial charge in [-0.05, 0) is 32.4 Å². The molecule has 0 aliphatic carbocycles. The van der Waals surface area contributed by atoms with E-state index < -0.39 is 5.54 Å². The number of benzene rings is 1. The SMILES string of the molecule is CCOc1ccccc1C(=O)NC(C)(CC)C(N)=S. The summed E-state index contributed by atoms with van der Waals surface area (Å²) in [5, 5.41) is 2.87. The summed E-state index contributed by atoms with van der Waals surface area (Å²) < 4.78 is 5.44. The second-order valence-corrected chi connectivity index (χ2v) is 4.87. The van der Waals surface area contributed by atoms with Gasteiger partial charge in [0, 0.05) is 0 Å². The number of ether oxygens (including phenoxy) is 1. The quantitative estimate of drug-likeness (QED) is 0.785. The molecule has 1 rings (SSSR count). The van der Waals surface area contributed by atoms with Crippen molar-refractivity contribution in [2.24, 2.45) is 5.73 Å². The van der Waals surface area contributed by atoms with E-state index in [2.05, 4.69) is 5.32 Å². The number of hydrogen-bond acceptors (Lipinski definition) is 3. The smallest absolute Gasteiger partial charge is 0.255 e. The van der Waals surface area contributed by atoms with E-state index in [0.29, 0.717) is 24.3 Å². The fourth-order valence-corrected chi connectivity index (χ4v) is 1.77. The molecule has 1 atom stereocenters. The molecule has 0 bridgehead atoms. The van der Waals surface area contributed by atoms with Crippen molar-refractivity contribution in [3.63, 3.8) is 0 Å². The van der Waals surface area contributed by atoms with Gasteiger partial charge in [-0.25, -0.2) is 0 Å². The van der Waals surface area contributed by atoms with Gasteiger partial charge in [0.25, 0.3) is 5.91 Å². The molecule has 0 aliphatic rings. The van der Waals surface area contributed by atoms with E-state index in [1.807, 2.05) is 26.8 Å². The second kappa shape index (κ2) is 6.52. The van der Waals surface area contributed by atoms with Crippen LogP contribution in [0.5, 0.6) is 5.75 Å². The minimum absolute atomic E-state index is 0.235. The van der Waals surface area contributed by atoms with Gasteiger partial charge in [-0.1, -0.05) is 31.3 Å². The van der Waals surface area contributed by atoms with Gasteiger partial charge in [-0.2, -0.15) is 0 Å². The molecular weight excluding hydrogens is 260 g/mol. The fourth-order valence-electron chi connectivity index (χ4n) is 1.58. The lowest BCUT2D eigenvalue weighted by Gasteiger charge is -2.28. The molecule has 1 aromatic rings. The van der Waals surface area contributed by atoms with Crippen molar-refractivity contribution in [1.29, 1.82) is 0 Å². The van der Waals surface area contributed by atoms with Gasteiger partial charge in [0.15, 0.2) is 0 Å². The van der Waals surface area contributed by atoms with E-state index in [4.69, 9.17) is 22.7 Å². The van der Waals surface area contributed by atoms with E-state index in [-0.39, 0.29) is 10.9 Å². The Kier molecular flexibility index (Phi) is 5.30. The van der Waals surface area contributed by atoms with E-state index in [1.165, 1.54) is 0 Å². The number of amides is 1. The normalized spacial score (nSPS) is 13.4. The molecule has 0 saturated heterocycles. The minimum Gasteiger partial charge on any atom is -0.493 e. The molecule has 1 amide bonds. The molecule has 5 heteroatoms. The number of hydrogen-bond donors (Lipinski definition) is 2. The van der Waals surface area contributed by atoms with E-state index in [9.17, 15) is 4.79 Å². The predicted molar refractivity (Wildman–Crippen MR) is 80.6 cm³/mol. The number of rotatable bonds is 6. The molecule has 0 radical (unpaired) electrons. The Morgan fingerprint density at radius 3 is 2.58 bits per heavy atom. The average molecular weight is 280 g/mol. The molecule has 0 fully saturated rings. The van der Waals surface area contributed by atoms with Gasteiger partial charge in [-0.15, -0.1) is 0 Å². The van der Waals surface area contributed by atoms with Crippen LogP contribution in [0, 0.1) is 0 Å². The molecular formula is C14H20N2O2S. The van der Waals surface area contributed by atoms with Gasteiger partial charge >= 0.3 is 0 Å². The zero-order valence-electron chi connectivity index (χ0n) is 11.5. The Hall–Kier alpha value is -1.62. The molecule has 0 heterocycles. The van der Waals surface area contributed by atoms with Crippen molar-refractivity contribution in [2.75, 3.05) is 6.61 Å². The first-order chi connectivity index (χ1) is 8.94. The lowest BCUT2D eigenvalue weighted by atomic mass is 9.98. The fraction of sp³-hybridized carbons (Fsp3) is 0.429. The highest BCUT2D eigenvalue weighted by Crippen LogP contribution is 2.19. The topological polar surface area (TPSA) is 64.3 Å². The molecule has 3 N–H and O–H groups in total. The van der Waals surface area contributed by atoms with E-state index >= 15 is 0 Å². The van der Waals surface area contributed by atoms with Gasteiger partial charge < -0.3 is 15.8 Å². The molecule has 104 valence electrons. The number of nitrogens with one attached hydrogen (secondary N) is 1. The summed E-state index contributed by atoms with van der Waals surface area (Å²) in [6.07, 6.45) is 0.630. The lowest BCUT2D eigenvalue weighted by Crippen LogP contribution is -2.54. The van der Waals surface area contributed by atoms with Gasteiger partial charge in [-0.3, -0.25) is 4.79 Å². The summed E-state index contributed by atoms with van der Waals surface area (Å²) in [6.45, 7) is 6.12. The highest BCUT2D eigenvalue weighted by molar-refractivity contribution is 7.80. The van der Waals surface area contributed by atoms with Crippen molar-refractivity contribution in [3.8, 4) is 5.75 Å². The van der Waals surface area contributed by atoms with Gasteiger partial charge in [0.1, 0.15) is 5.75 Å². The maximum atomic E-state index is 12.3. The number of carbonyl (C=O) groups excluding carboxylic acids is 1. The van der Waals surface area contributed by atoms with Crippen molar-refractivity contribution >= 4 is 23.1 Å². The summed E-state index contributed by atoms with van der Waals surface area (Å²) in [5.74, 6) is 0.324. The van der Waals surface area contributed by atoms with E-state index in [1.54, 1.807) is 18.2 Å².